The number of likely N-dealkylation sites (N-methyl/N-ethyl adjacent to an activating group) is 1. The van der Waals surface area contributed by atoms with Gasteiger partial charge in [0.05, 0.1) is 35.1 Å². The van der Waals surface area contributed by atoms with Gasteiger partial charge in [0.1, 0.15) is 11.6 Å². The Labute approximate surface area is 158 Å². The Kier molecular flexibility index (Phi) is 3.93. The lowest BCUT2D eigenvalue weighted by molar-refractivity contribution is -0.131. The fraction of sp³-hybridized carbons (Fsp3) is 0.222. The highest BCUT2D eigenvalue weighted by Gasteiger charge is 2.23. The topological polar surface area (TPSA) is 125 Å². The number of nitrogens with zero attached hydrogens (tertiary/aromatic N) is 7. The Hall–Kier alpha value is -4.00. The van der Waals surface area contributed by atoms with Gasteiger partial charge in [-0.15, -0.1) is 0 Å². The first-order valence-corrected chi connectivity index (χ1v) is 8.47. The minimum Gasteiger partial charge on any atom is -0.347 e. The van der Waals surface area contributed by atoms with E-state index in [0.717, 1.165) is 0 Å². The van der Waals surface area contributed by atoms with Crippen LogP contribution < -0.4 is 5.69 Å². The van der Waals surface area contributed by atoms with E-state index in [1.807, 2.05) is 0 Å². The number of amides is 1. The third-order valence-electron chi connectivity index (χ3n) is 4.53. The second kappa shape index (κ2) is 6.31. The van der Waals surface area contributed by atoms with Crippen molar-refractivity contribution in [3.63, 3.8) is 0 Å². The SMILES string of the molecule is C[C@H](C(=O)N(C)C)n1c(=O)[nH]c2cnc(-c3cnn4ccc(C#N)cc34)nc21. The van der Waals surface area contributed by atoms with Crippen molar-refractivity contribution in [2.24, 2.45) is 0 Å². The van der Waals surface area contributed by atoms with Crippen LogP contribution in [0, 0.1) is 11.3 Å². The average Bonchev–Trinajstić information content (AvgIpc) is 3.25. The molecular formula is C18H16N8O2. The van der Waals surface area contributed by atoms with Crippen LogP contribution >= 0.6 is 0 Å². The number of nitrogens with one attached hydrogen (secondary N) is 1. The number of fused-ring (bicyclic) bond motifs is 2. The molecule has 0 spiro atoms. The van der Waals surface area contributed by atoms with Crippen molar-refractivity contribution in [2.45, 2.75) is 13.0 Å². The van der Waals surface area contributed by atoms with E-state index in [9.17, 15) is 9.59 Å². The summed E-state index contributed by atoms with van der Waals surface area (Å²) in [5.41, 5.74) is 2.09. The monoisotopic (exact) mass is 376 g/mol. The second-order valence-corrected chi connectivity index (χ2v) is 6.55. The maximum absolute atomic E-state index is 12.4. The molecule has 10 nitrogen and oxygen atoms in total. The van der Waals surface area contributed by atoms with Gasteiger partial charge in [0.2, 0.25) is 5.91 Å². The lowest BCUT2D eigenvalue weighted by Gasteiger charge is -2.17. The number of carbonyl (C=O) groups is 1. The third kappa shape index (κ3) is 2.61. The summed E-state index contributed by atoms with van der Waals surface area (Å²) in [6.45, 7) is 1.65. The Bertz CT molecular complexity index is 1320. The molecule has 0 saturated heterocycles. The van der Waals surface area contributed by atoms with Gasteiger partial charge in [-0.1, -0.05) is 0 Å². The zero-order valence-corrected chi connectivity index (χ0v) is 15.4. The second-order valence-electron chi connectivity index (χ2n) is 6.55. The van der Waals surface area contributed by atoms with E-state index in [1.54, 1.807) is 50.1 Å². The Morgan fingerprint density at radius 1 is 1.36 bits per heavy atom. The van der Waals surface area contributed by atoms with E-state index in [4.69, 9.17) is 5.26 Å². The highest BCUT2D eigenvalue weighted by molar-refractivity contribution is 5.83. The molecule has 4 aromatic rings. The summed E-state index contributed by atoms with van der Waals surface area (Å²) in [6.07, 6.45) is 4.78. The maximum atomic E-state index is 12.4. The number of nitriles is 1. The summed E-state index contributed by atoms with van der Waals surface area (Å²) in [5.74, 6) is 0.118. The van der Waals surface area contributed by atoms with Gasteiger partial charge in [-0.2, -0.15) is 10.4 Å². The van der Waals surface area contributed by atoms with Crippen LogP contribution in [0.15, 0.2) is 35.5 Å². The number of hydrogen-bond donors (Lipinski definition) is 1. The van der Waals surface area contributed by atoms with Crippen LogP contribution in [0.1, 0.15) is 18.5 Å². The van der Waals surface area contributed by atoms with Gasteiger partial charge in [-0.25, -0.2) is 19.3 Å². The Morgan fingerprint density at radius 3 is 2.86 bits per heavy atom. The van der Waals surface area contributed by atoms with E-state index in [0.29, 0.717) is 33.6 Å². The van der Waals surface area contributed by atoms with Gasteiger partial charge in [0, 0.05) is 20.3 Å². The molecule has 4 rings (SSSR count). The molecule has 4 aromatic heterocycles. The first-order valence-electron chi connectivity index (χ1n) is 8.47. The minimum absolute atomic E-state index is 0.224. The van der Waals surface area contributed by atoms with Gasteiger partial charge < -0.3 is 9.88 Å². The molecule has 0 aromatic carbocycles. The van der Waals surface area contributed by atoms with Crippen molar-refractivity contribution < 1.29 is 4.79 Å². The van der Waals surface area contributed by atoms with E-state index in [1.165, 1.54) is 15.7 Å². The van der Waals surface area contributed by atoms with Crippen LogP contribution in [0.3, 0.4) is 0 Å². The number of imidazole rings is 1. The fourth-order valence-electron chi connectivity index (χ4n) is 3.11. The quantitative estimate of drug-likeness (QED) is 0.568. The molecule has 1 N–H and O–H groups in total. The van der Waals surface area contributed by atoms with Crippen molar-refractivity contribution in [3.05, 3.63) is 46.8 Å². The molecule has 140 valence electrons. The fourth-order valence-corrected chi connectivity index (χ4v) is 3.11. The van der Waals surface area contributed by atoms with Crippen molar-refractivity contribution in [1.82, 2.24) is 34.0 Å². The van der Waals surface area contributed by atoms with Crippen LogP contribution in [-0.4, -0.2) is 54.0 Å². The molecule has 1 amide bonds. The number of aromatic amines is 1. The standard InChI is InChI=1S/C18H16N8O2/c1-10(17(27)24(2)3)26-16-13(22-18(26)28)9-20-15(23-16)12-8-21-25-5-4-11(7-19)6-14(12)25/h4-6,8-10H,1-3H3,(H,22,28)/t10-/m1/s1. The van der Waals surface area contributed by atoms with Crippen LogP contribution in [0.25, 0.3) is 28.1 Å². The highest BCUT2D eigenvalue weighted by Crippen LogP contribution is 2.24. The van der Waals surface area contributed by atoms with E-state index in [-0.39, 0.29) is 5.91 Å². The normalized spacial score (nSPS) is 12.2. The van der Waals surface area contributed by atoms with Gasteiger partial charge >= 0.3 is 5.69 Å². The zero-order chi connectivity index (χ0) is 20.0. The van der Waals surface area contributed by atoms with Crippen molar-refractivity contribution in [2.75, 3.05) is 14.1 Å². The van der Waals surface area contributed by atoms with E-state index >= 15 is 0 Å². The molecular weight excluding hydrogens is 360 g/mol. The lowest BCUT2D eigenvalue weighted by Crippen LogP contribution is -2.34. The van der Waals surface area contributed by atoms with Gasteiger partial charge in [-0.05, 0) is 19.1 Å². The van der Waals surface area contributed by atoms with Crippen LogP contribution in [0.2, 0.25) is 0 Å². The summed E-state index contributed by atoms with van der Waals surface area (Å²) in [6, 6.07) is 4.72. The predicted molar refractivity (Wildman–Crippen MR) is 100 cm³/mol. The number of H-pyrrole nitrogens is 1. The molecule has 0 aliphatic carbocycles. The van der Waals surface area contributed by atoms with Gasteiger partial charge in [0.15, 0.2) is 11.5 Å². The van der Waals surface area contributed by atoms with E-state index < -0.39 is 11.7 Å². The number of pyridine rings is 1. The third-order valence-corrected chi connectivity index (χ3v) is 4.53. The summed E-state index contributed by atoms with van der Waals surface area (Å²) in [5, 5.41) is 13.4. The maximum Gasteiger partial charge on any atom is 0.328 e. The van der Waals surface area contributed by atoms with Crippen molar-refractivity contribution >= 4 is 22.6 Å². The van der Waals surface area contributed by atoms with Crippen LogP contribution in [0.4, 0.5) is 0 Å². The molecule has 0 aliphatic heterocycles. The molecule has 1 atom stereocenters. The first kappa shape index (κ1) is 17.4. The smallest absolute Gasteiger partial charge is 0.328 e. The minimum atomic E-state index is -0.729. The Morgan fingerprint density at radius 2 is 2.14 bits per heavy atom. The number of hydrogen-bond acceptors (Lipinski definition) is 6. The molecule has 0 bridgehead atoms. The lowest BCUT2D eigenvalue weighted by atomic mass is 10.2. The Balaban J connectivity index is 1.91. The molecule has 28 heavy (non-hydrogen) atoms. The summed E-state index contributed by atoms with van der Waals surface area (Å²) >= 11 is 0. The molecule has 0 aliphatic rings. The number of rotatable bonds is 3. The summed E-state index contributed by atoms with van der Waals surface area (Å²) < 4.78 is 2.93. The molecule has 0 saturated carbocycles. The molecule has 0 unspecified atom stereocenters. The summed E-state index contributed by atoms with van der Waals surface area (Å²) in [4.78, 5) is 37.7. The first-order chi connectivity index (χ1) is 13.4. The highest BCUT2D eigenvalue weighted by atomic mass is 16.2. The van der Waals surface area contributed by atoms with Crippen molar-refractivity contribution in [1.29, 1.82) is 5.26 Å². The van der Waals surface area contributed by atoms with E-state index in [2.05, 4.69) is 26.1 Å². The average molecular weight is 376 g/mol. The summed E-state index contributed by atoms with van der Waals surface area (Å²) in [7, 11) is 3.26. The number of carbonyl (C=O) groups excluding carboxylic acids is 1. The predicted octanol–water partition coefficient (Wildman–Crippen LogP) is 0.955. The molecule has 4 heterocycles. The largest absolute Gasteiger partial charge is 0.347 e. The van der Waals surface area contributed by atoms with Crippen molar-refractivity contribution in [3.8, 4) is 17.5 Å². The zero-order valence-electron chi connectivity index (χ0n) is 15.4. The van der Waals surface area contributed by atoms with Crippen LogP contribution in [-0.2, 0) is 4.79 Å². The number of aromatic nitrogens is 6. The molecule has 10 heteroatoms. The molecule has 0 fully saturated rings. The van der Waals surface area contributed by atoms with Gasteiger partial charge in [0.25, 0.3) is 0 Å². The van der Waals surface area contributed by atoms with Gasteiger partial charge in [-0.3, -0.25) is 9.36 Å². The van der Waals surface area contributed by atoms with Crippen LogP contribution in [0.5, 0.6) is 0 Å². The molecule has 0 radical (unpaired) electrons.